The third kappa shape index (κ3) is 5.01. The molecule has 2 aromatic carbocycles. The molecule has 0 spiro atoms. The van der Waals surface area contributed by atoms with Gasteiger partial charge in [-0.25, -0.2) is 4.98 Å². The first kappa shape index (κ1) is 22.1. The highest BCUT2D eigenvalue weighted by molar-refractivity contribution is 7.22. The molecule has 1 saturated heterocycles. The van der Waals surface area contributed by atoms with Gasteiger partial charge in [-0.05, 0) is 43.0 Å². The molecule has 1 aliphatic heterocycles. The van der Waals surface area contributed by atoms with E-state index < -0.39 is 29.2 Å². The molecule has 0 radical (unpaired) electrons. The number of rotatable bonds is 4. The number of halogens is 3. The fraction of sp³-hybridized carbons (Fsp3) is 0.318. The Hall–Kier alpha value is -3.14. The molecule has 1 aromatic heterocycles. The van der Waals surface area contributed by atoms with E-state index in [1.165, 1.54) is 12.1 Å². The number of hydrogen-bond acceptors (Lipinski definition) is 5. The number of amides is 2. The first-order chi connectivity index (χ1) is 15.3. The Labute approximate surface area is 186 Å². The Morgan fingerprint density at radius 2 is 1.72 bits per heavy atom. The number of hydrogen-bond donors (Lipinski definition) is 2. The molecule has 3 aromatic rings. The molecule has 0 aliphatic carbocycles. The lowest BCUT2D eigenvalue weighted by Gasteiger charge is -2.31. The van der Waals surface area contributed by atoms with Crippen molar-refractivity contribution >= 4 is 44.2 Å². The van der Waals surface area contributed by atoms with Gasteiger partial charge in [0, 0.05) is 19.6 Å². The van der Waals surface area contributed by atoms with E-state index in [4.69, 9.17) is 0 Å². The monoisotopic (exact) mass is 462 g/mol. The largest absolute Gasteiger partial charge is 0.418 e. The lowest BCUT2D eigenvalue weighted by Crippen LogP contribution is -2.42. The molecule has 1 aliphatic rings. The summed E-state index contributed by atoms with van der Waals surface area (Å²) in [5.74, 6) is -1.89. The maximum Gasteiger partial charge on any atom is 0.418 e. The number of aromatic nitrogens is 1. The van der Waals surface area contributed by atoms with Crippen molar-refractivity contribution in [3.05, 3.63) is 54.1 Å². The second-order valence-corrected chi connectivity index (χ2v) is 8.61. The van der Waals surface area contributed by atoms with Gasteiger partial charge in [-0.2, -0.15) is 13.2 Å². The second-order valence-electron chi connectivity index (χ2n) is 7.60. The SMILES string of the molecule is O=C(NCC1CCN(c2nc3ccccc3s2)CC1)C(=O)Nc1ccccc1C(F)(F)F. The molecule has 0 bridgehead atoms. The molecule has 6 nitrogen and oxygen atoms in total. The van der Waals surface area contributed by atoms with Crippen molar-refractivity contribution in [1.82, 2.24) is 10.3 Å². The summed E-state index contributed by atoms with van der Waals surface area (Å²) in [4.78, 5) is 31.1. The molecule has 0 atom stereocenters. The van der Waals surface area contributed by atoms with Crippen molar-refractivity contribution < 1.29 is 22.8 Å². The van der Waals surface area contributed by atoms with E-state index in [0.29, 0.717) is 6.54 Å². The molecular formula is C22H21F3N4O2S. The van der Waals surface area contributed by atoms with Gasteiger partial charge in [-0.1, -0.05) is 35.6 Å². The van der Waals surface area contributed by atoms with Gasteiger partial charge in [0.25, 0.3) is 0 Å². The van der Waals surface area contributed by atoms with Crippen LogP contribution in [0.25, 0.3) is 10.2 Å². The van der Waals surface area contributed by atoms with Gasteiger partial charge >= 0.3 is 18.0 Å². The van der Waals surface area contributed by atoms with E-state index in [9.17, 15) is 22.8 Å². The van der Waals surface area contributed by atoms with Crippen LogP contribution < -0.4 is 15.5 Å². The number of fused-ring (bicyclic) bond motifs is 1. The Morgan fingerprint density at radius 3 is 2.44 bits per heavy atom. The van der Waals surface area contributed by atoms with E-state index in [2.05, 4.69) is 20.5 Å². The average molecular weight is 462 g/mol. The van der Waals surface area contributed by atoms with E-state index >= 15 is 0 Å². The van der Waals surface area contributed by atoms with Gasteiger partial charge in [0.1, 0.15) is 0 Å². The summed E-state index contributed by atoms with van der Waals surface area (Å²) in [6, 6.07) is 12.5. The number of nitrogens with zero attached hydrogens (tertiary/aromatic N) is 2. The highest BCUT2D eigenvalue weighted by atomic mass is 32.1. The predicted molar refractivity (Wildman–Crippen MR) is 118 cm³/mol. The van der Waals surface area contributed by atoms with Crippen molar-refractivity contribution in [2.45, 2.75) is 19.0 Å². The van der Waals surface area contributed by atoms with Crippen LogP contribution in [0.5, 0.6) is 0 Å². The minimum Gasteiger partial charge on any atom is -0.348 e. The molecule has 168 valence electrons. The Bertz CT molecular complexity index is 1090. The average Bonchev–Trinajstić information content (AvgIpc) is 3.22. The van der Waals surface area contributed by atoms with E-state index in [0.717, 1.165) is 53.4 Å². The van der Waals surface area contributed by atoms with Crippen LogP contribution in [0.4, 0.5) is 24.0 Å². The van der Waals surface area contributed by atoms with Crippen molar-refractivity contribution in [3.8, 4) is 0 Å². The minimum atomic E-state index is -4.63. The molecule has 2 N–H and O–H groups in total. The van der Waals surface area contributed by atoms with Gasteiger partial charge in [-0.3, -0.25) is 9.59 Å². The van der Waals surface area contributed by atoms with Gasteiger partial charge in [0.15, 0.2) is 5.13 Å². The summed E-state index contributed by atoms with van der Waals surface area (Å²) < 4.78 is 40.3. The van der Waals surface area contributed by atoms with Crippen molar-refractivity contribution in [1.29, 1.82) is 0 Å². The van der Waals surface area contributed by atoms with E-state index in [-0.39, 0.29) is 5.92 Å². The molecule has 0 saturated carbocycles. The number of anilines is 2. The van der Waals surface area contributed by atoms with Gasteiger partial charge in [0.2, 0.25) is 0 Å². The Kier molecular flexibility index (Phi) is 6.31. The number of carbonyl (C=O) groups is 2. The van der Waals surface area contributed by atoms with Crippen molar-refractivity contribution in [3.63, 3.8) is 0 Å². The zero-order chi connectivity index (χ0) is 22.7. The van der Waals surface area contributed by atoms with Crippen molar-refractivity contribution in [2.24, 2.45) is 5.92 Å². The third-order valence-corrected chi connectivity index (χ3v) is 6.50. The van der Waals surface area contributed by atoms with Gasteiger partial charge in [0.05, 0.1) is 21.5 Å². The molecule has 2 amide bonds. The van der Waals surface area contributed by atoms with Crippen LogP contribution >= 0.6 is 11.3 Å². The number of thiazole rings is 1. The summed E-state index contributed by atoms with van der Waals surface area (Å²) in [7, 11) is 0. The summed E-state index contributed by atoms with van der Waals surface area (Å²) in [6.07, 6.45) is -3.00. The fourth-order valence-corrected chi connectivity index (χ4v) is 4.68. The quantitative estimate of drug-likeness (QED) is 0.568. The van der Waals surface area contributed by atoms with Crippen LogP contribution in [0.2, 0.25) is 0 Å². The maximum absolute atomic E-state index is 13.0. The van der Waals surface area contributed by atoms with Crippen molar-refractivity contribution in [2.75, 3.05) is 29.9 Å². The summed E-state index contributed by atoms with van der Waals surface area (Å²) in [5, 5.41) is 5.57. The first-order valence-corrected chi connectivity index (χ1v) is 11.0. The number of nitrogens with one attached hydrogen (secondary N) is 2. The first-order valence-electron chi connectivity index (χ1n) is 10.2. The molecular weight excluding hydrogens is 441 g/mol. The molecule has 32 heavy (non-hydrogen) atoms. The lowest BCUT2D eigenvalue weighted by atomic mass is 9.97. The number of piperidine rings is 1. The number of para-hydroxylation sites is 2. The molecule has 2 heterocycles. The smallest absolute Gasteiger partial charge is 0.348 e. The Morgan fingerprint density at radius 1 is 1.03 bits per heavy atom. The maximum atomic E-state index is 13.0. The van der Waals surface area contributed by atoms with Crippen LogP contribution in [0.15, 0.2) is 48.5 Å². The van der Waals surface area contributed by atoms with Crippen LogP contribution in [-0.4, -0.2) is 36.4 Å². The molecule has 1 fully saturated rings. The summed E-state index contributed by atoms with van der Waals surface area (Å²) in [6.45, 7) is 1.86. The van der Waals surface area contributed by atoms with Crippen LogP contribution in [0, 0.1) is 5.92 Å². The fourth-order valence-electron chi connectivity index (χ4n) is 3.66. The van der Waals surface area contributed by atoms with E-state index in [1.807, 2.05) is 24.3 Å². The van der Waals surface area contributed by atoms with Crippen LogP contribution in [-0.2, 0) is 15.8 Å². The topological polar surface area (TPSA) is 74.3 Å². The zero-order valence-electron chi connectivity index (χ0n) is 17.0. The number of alkyl halides is 3. The van der Waals surface area contributed by atoms with Gasteiger partial charge < -0.3 is 15.5 Å². The Balaban J connectivity index is 1.27. The van der Waals surface area contributed by atoms with Gasteiger partial charge in [-0.15, -0.1) is 0 Å². The normalized spacial score (nSPS) is 15.0. The molecule has 4 rings (SSSR count). The highest BCUT2D eigenvalue weighted by Crippen LogP contribution is 2.34. The summed E-state index contributed by atoms with van der Waals surface area (Å²) >= 11 is 1.64. The molecule has 0 unspecified atom stereocenters. The lowest BCUT2D eigenvalue weighted by molar-refractivity contribution is -0.138. The second kappa shape index (κ2) is 9.15. The highest BCUT2D eigenvalue weighted by Gasteiger charge is 2.34. The van der Waals surface area contributed by atoms with E-state index in [1.54, 1.807) is 11.3 Å². The summed E-state index contributed by atoms with van der Waals surface area (Å²) in [5.41, 5.74) is -0.465. The van der Waals surface area contributed by atoms with Crippen LogP contribution in [0.3, 0.4) is 0 Å². The van der Waals surface area contributed by atoms with Crippen LogP contribution in [0.1, 0.15) is 18.4 Å². The number of benzene rings is 2. The third-order valence-electron chi connectivity index (χ3n) is 5.41. The zero-order valence-corrected chi connectivity index (χ0v) is 17.8. The predicted octanol–water partition coefficient (Wildman–Crippen LogP) is 4.29. The number of carbonyl (C=O) groups excluding carboxylic acids is 2. The minimum absolute atomic E-state index is 0.180. The molecule has 10 heteroatoms. The standard InChI is InChI=1S/C22H21F3N4O2S/c23-22(24,25)15-5-1-2-6-16(15)27-20(31)19(30)26-13-14-9-11-29(12-10-14)21-28-17-7-3-4-8-18(17)32-21/h1-8,14H,9-13H2,(H,26,30)(H,27,31).